The Balaban J connectivity index is 1.93. The molecule has 190 valence electrons. The van der Waals surface area contributed by atoms with Gasteiger partial charge in [-0.1, -0.05) is 6.07 Å². The molecule has 1 aliphatic carbocycles. The molecule has 10 heteroatoms. The molecule has 0 spiro atoms. The Kier molecular flexibility index (Phi) is 7.11. The number of alkyl halides is 3. The van der Waals surface area contributed by atoms with Gasteiger partial charge in [-0.05, 0) is 78.0 Å². The van der Waals surface area contributed by atoms with E-state index in [4.69, 9.17) is 9.47 Å². The summed E-state index contributed by atoms with van der Waals surface area (Å²) in [6.45, 7) is 9.16. The average Bonchev–Trinajstić information content (AvgIpc) is 3.33. The summed E-state index contributed by atoms with van der Waals surface area (Å²) in [4.78, 5) is 28.8. The Morgan fingerprint density at radius 3 is 2.38 bits per heavy atom. The van der Waals surface area contributed by atoms with Crippen LogP contribution >= 0.6 is 0 Å². The molecule has 34 heavy (non-hydrogen) atoms. The minimum Gasteiger partial charge on any atom is -0.447 e. The number of amides is 2. The second-order valence-corrected chi connectivity index (χ2v) is 10.2. The highest BCUT2D eigenvalue weighted by Gasteiger charge is 2.54. The summed E-state index contributed by atoms with van der Waals surface area (Å²) < 4.78 is 65.0. The number of carbonyl (C=O) groups is 2. The van der Waals surface area contributed by atoms with Gasteiger partial charge < -0.3 is 14.4 Å². The topological polar surface area (TPSA) is 59.1 Å². The van der Waals surface area contributed by atoms with Gasteiger partial charge in [-0.25, -0.2) is 14.0 Å². The zero-order valence-corrected chi connectivity index (χ0v) is 20.2. The Morgan fingerprint density at radius 1 is 1.21 bits per heavy atom. The van der Waals surface area contributed by atoms with Gasteiger partial charge in [0.15, 0.2) is 0 Å². The van der Waals surface area contributed by atoms with Crippen molar-refractivity contribution < 1.29 is 36.6 Å². The first-order chi connectivity index (χ1) is 15.6. The molecular formula is C24H32F4N2O4. The number of hydrogen-bond donors (Lipinski definition) is 0. The molecule has 6 nitrogen and oxygen atoms in total. The third-order valence-corrected chi connectivity index (χ3v) is 6.00. The molecule has 1 aromatic carbocycles. The summed E-state index contributed by atoms with van der Waals surface area (Å²) in [6, 6.07) is 2.47. The van der Waals surface area contributed by atoms with Gasteiger partial charge in [0.2, 0.25) is 0 Å². The number of halogens is 4. The van der Waals surface area contributed by atoms with Crippen LogP contribution in [0.3, 0.4) is 0 Å². The largest absolute Gasteiger partial charge is 0.447 e. The van der Waals surface area contributed by atoms with Crippen LogP contribution in [0.4, 0.5) is 27.2 Å². The van der Waals surface area contributed by atoms with Crippen LogP contribution in [0.5, 0.6) is 0 Å². The fourth-order valence-corrected chi connectivity index (χ4v) is 4.35. The van der Waals surface area contributed by atoms with E-state index in [9.17, 15) is 27.2 Å². The van der Waals surface area contributed by atoms with E-state index in [0.717, 1.165) is 12.1 Å². The summed E-state index contributed by atoms with van der Waals surface area (Å²) in [5, 5.41) is 0. The van der Waals surface area contributed by atoms with E-state index < -0.39 is 47.0 Å². The van der Waals surface area contributed by atoms with Crippen LogP contribution in [0.1, 0.15) is 71.4 Å². The van der Waals surface area contributed by atoms with Crippen molar-refractivity contribution in [2.45, 2.75) is 89.8 Å². The van der Waals surface area contributed by atoms with Crippen molar-refractivity contribution in [2.24, 2.45) is 0 Å². The van der Waals surface area contributed by atoms with Gasteiger partial charge in [-0.2, -0.15) is 13.2 Å². The Hall–Kier alpha value is -2.52. The average molecular weight is 489 g/mol. The zero-order chi connectivity index (χ0) is 25.5. The standard InChI is InChI=1S/C24H32F4N2O4/c1-15(2)33-21(32)30(14-17-7-6-12-29(17)20(31)34-22(3,4)5)23(10-11-23)16-8-9-19(25)18(13-16)24(26,27)28/h8-9,13,15,17H,6-7,10-12,14H2,1-5H3/t17-/m0/s1. The number of rotatable bonds is 5. The summed E-state index contributed by atoms with van der Waals surface area (Å²) in [5.41, 5.74) is -2.92. The smallest absolute Gasteiger partial charge is 0.419 e. The van der Waals surface area contributed by atoms with Crippen molar-refractivity contribution in [3.63, 3.8) is 0 Å². The summed E-state index contributed by atoms with van der Waals surface area (Å²) in [5.74, 6) is -1.37. The van der Waals surface area contributed by atoms with E-state index in [1.54, 1.807) is 39.5 Å². The first-order valence-corrected chi connectivity index (χ1v) is 11.5. The third kappa shape index (κ3) is 5.75. The minimum absolute atomic E-state index is 0.0729. The molecule has 1 atom stereocenters. The zero-order valence-electron chi connectivity index (χ0n) is 20.2. The molecule has 0 N–H and O–H groups in total. The monoisotopic (exact) mass is 488 g/mol. The lowest BCUT2D eigenvalue weighted by Gasteiger charge is -2.37. The summed E-state index contributed by atoms with van der Waals surface area (Å²) >= 11 is 0. The van der Waals surface area contributed by atoms with Gasteiger partial charge in [-0.15, -0.1) is 0 Å². The lowest BCUT2D eigenvalue weighted by molar-refractivity contribution is -0.140. The molecule has 2 aliphatic rings. The maximum atomic E-state index is 13.9. The number of nitrogens with zero attached hydrogens (tertiary/aromatic N) is 2. The van der Waals surface area contributed by atoms with Gasteiger partial charge in [0.25, 0.3) is 0 Å². The van der Waals surface area contributed by atoms with Crippen LogP contribution in [0, 0.1) is 5.82 Å². The molecule has 0 bridgehead atoms. The molecule has 1 aliphatic heterocycles. The van der Waals surface area contributed by atoms with E-state index in [1.807, 2.05) is 0 Å². The van der Waals surface area contributed by atoms with Crippen molar-refractivity contribution in [1.82, 2.24) is 9.80 Å². The van der Waals surface area contributed by atoms with Crippen molar-refractivity contribution in [3.8, 4) is 0 Å². The van der Waals surface area contributed by atoms with Crippen molar-refractivity contribution in [1.29, 1.82) is 0 Å². The normalized spacial score (nSPS) is 19.8. The molecule has 0 radical (unpaired) electrons. The van der Waals surface area contributed by atoms with Crippen LogP contribution in [-0.4, -0.2) is 52.8 Å². The van der Waals surface area contributed by atoms with Gasteiger partial charge >= 0.3 is 18.4 Å². The predicted octanol–water partition coefficient (Wildman–Crippen LogP) is 6.08. The fraction of sp³-hybridized carbons (Fsp3) is 0.667. The van der Waals surface area contributed by atoms with E-state index >= 15 is 0 Å². The number of hydrogen-bond acceptors (Lipinski definition) is 4. The predicted molar refractivity (Wildman–Crippen MR) is 117 cm³/mol. The van der Waals surface area contributed by atoms with Gasteiger partial charge in [0, 0.05) is 13.1 Å². The number of carbonyl (C=O) groups excluding carboxylic acids is 2. The molecule has 1 saturated carbocycles. The van der Waals surface area contributed by atoms with Crippen LogP contribution in [0.25, 0.3) is 0 Å². The minimum atomic E-state index is -4.86. The maximum absolute atomic E-state index is 13.9. The number of ether oxygens (including phenoxy) is 2. The Morgan fingerprint density at radius 2 is 1.85 bits per heavy atom. The first-order valence-electron chi connectivity index (χ1n) is 11.5. The molecule has 2 fully saturated rings. The second kappa shape index (κ2) is 9.26. The van der Waals surface area contributed by atoms with Crippen LogP contribution in [-0.2, 0) is 21.2 Å². The Bertz CT molecular complexity index is 923. The molecule has 3 rings (SSSR count). The summed E-state index contributed by atoms with van der Waals surface area (Å²) in [7, 11) is 0. The van der Waals surface area contributed by atoms with Crippen molar-refractivity contribution in [3.05, 3.63) is 35.1 Å². The molecule has 0 aromatic heterocycles. The third-order valence-electron chi connectivity index (χ3n) is 6.00. The highest BCUT2D eigenvalue weighted by Crippen LogP contribution is 2.52. The fourth-order valence-electron chi connectivity index (χ4n) is 4.35. The van der Waals surface area contributed by atoms with E-state index in [0.29, 0.717) is 32.2 Å². The molecule has 0 unspecified atom stereocenters. The van der Waals surface area contributed by atoms with Crippen molar-refractivity contribution in [2.75, 3.05) is 13.1 Å². The van der Waals surface area contributed by atoms with Crippen LogP contribution < -0.4 is 0 Å². The lowest BCUT2D eigenvalue weighted by atomic mass is 9.99. The second-order valence-electron chi connectivity index (χ2n) is 10.2. The highest BCUT2D eigenvalue weighted by atomic mass is 19.4. The maximum Gasteiger partial charge on any atom is 0.419 e. The lowest BCUT2D eigenvalue weighted by Crippen LogP contribution is -2.50. The SMILES string of the molecule is CC(C)OC(=O)N(C[C@@H]1CCCN1C(=O)OC(C)(C)C)C1(c2ccc(F)c(C(F)(F)F)c2)CC1. The van der Waals surface area contributed by atoms with Crippen LogP contribution in [0.2, 0.25) is 0 Å². The van der Waals surface area contributed by atoms with E-state index in [2.05, 4.69) is 0 Å². The molecular weight excluding hydrogens is 456 g/mol. The van der Waals surface area contributed by atoms with E-state index in [1.165, 1.54) is 11.0 Å². The molecule has 1 saturated heterocycles. The number of benzene rings is 1. The van der Waals surface area contributed by atoms with Gasteiger partial charge in [0.05, 0.1) is 23.2 Å². The summed E-state index contributed by atoms with van der Waals surface area (Å²) in [6.07, 6.45) is -4.37. The van der Waals surface area contributed by atoms with Crippen molar-refractivity contribution >= 4 is 12.2 Å². The first kappa shape index (κ1) is 26.1. The number of likely N-dealkylation sites (tertiary alicyclic amines) is 1. The van der Waals surface area contributed by atoms with Gasteiger partial charge in [-0.3, -0.25) is 4.90 Å². The molecule has 1 aromatic rings. The quantitative estimate of drug-likeness (QED) is 0.472. The van der Waals surface area contributed by atoms with E-state index in [-0.39, 0.29) is 18.2 Å². The highest BCUT2D eigenvalue weighted by molar-refractivity contribution is 5.71. The molecule has 2 amide bonds. The Labute approximate surface area is 197 Å². The molecule has 1 heterocycles. The van der Waals surface area contributed by atoms with Crippen LogP contribution in [0.15, 0.2) is 18.2 Å². The van der Waals surface area contributed by atoms with Gasteiger partial charge in [0.1, 0.15) is 11.4 Å².